The van der Waals surface area contributed by atoms with Crippen molar-refractivity contribution in [2.24, 2.45) is 0 Å². The molecule has 1 aromatic carbocycles. The van der Waals surface area contributed by atoms with Gasteiger partial charge in [0.05, 0.1) is 17.7 Å². The average Bonchev–Trinajstić information content (AvgIpc) is 2.47. The SMILES string of the molecule is N#Cc1cc(C(F)(F)F)ccc1OCCC1CCCCN1. The summed E-state index contributed by atoms with van der Waals surface area (Å²) < 4.78 is 43.2. The summed E-state index contributed by atoms with van der Waals surface area (Å²) in [5, 5.41) is 12.3. The fourth-order valence-electron chi connectivity index (χ4n) is 2.40. The zero-order valence-electron chi connectivity index (χ0n) is 11.5. The van der Waals surface area contributed by atoms with Crippen LogP contribution in [0.15, 0.2) is 18.2 Å². The number of piperidine rings is 1. The predicted octanol–water partition coefficient (Wildman–Crippen LogP) is 3.49. The molecule has 1 aliphatic rings. The number of nitrogens with zero attached hydrogens (tertiary/aromatic N) is 1. The lowest BCUT2D eigenvalue weighted by atomic mass is 10.0. The van der Waals surface area contributed by atoms with E-state index in [0.29, 0.717) is 12.6 Å². The van der Waals surface area contributed by atoms with Crippen LogP contribution in [0.4, 0.5) is 13.2 Å². The highest BCUT2D eigenvalue weighted by Gasteiger charge is 2.31. The highest BCUT2D eigenvalue weighted by Crippen LogP contribution is 2.32. The summed E-state index contributed by atoms with van der Waals surface area (Å²) in [4.78, 5) is 0. The van der Waals surface area contributed by atoms with Gasteiger partial charge in [0.2, 0.25) is 0 Å². The first-order valence-corrected chi connectivity index (χ1v) is 6.98. The van der Waals surface area contributed by atoms with E-state index in [0.717, 1.165) is 31.5 Å². The molecule has 1 unspecified atom stereocenters. The number of hydrogen-bond donors (Lipinski definition) is 1. The molecule has 1 fully saturated rings. The van der Waals surface area contributed by atoms with Gasteiger partial charge in [-0.3, -0.25) is 0 Å². The standard InChI is InChI=1S/C15H17F3N2O/c16-15(17,18)12-4-5-14(11(9-12)10-19)21-8-6-13-3-1-2-7-20-13/h4-5,9,13,20H,1-3,6-8H2. The lowest BCUT2D eigenvalue weighted by Gasteiger charge is -2.23. The monoisotopic (exact) mass is 298 g/mol. The minimum Gasteiger partial charge on any atom is -0.492 e. The molecule has 1 aliphatic heterocycles. The lowest BCUT2D eigenvalue weighted by molar-refractivity contribution is -0.137. The molecular formula is C15H17F3N2O. The summed E-state index contributed by atoms with van der Waals surface area (Å²) in [6, 6.07) is 5.13. The Bertz CT molecular complexity index is 517. The van der Waals surface area contributed by atoms with E-state index in [2.05, 4.69) is 5.32 Å². The minimum atomic E-state index is -4.45. The maximum atomic E-state index is 12.6. The third-order valence-electron chi connectivity index (χ3n) is 3.56. The van der Waals surface area contributed by atoms with Crippen molar-refractivity contribution in [3.05, 3.63) is 29.3 Å². The van der Waals surface area contributed by atoms with Gasteiger partial charge < -0.3 is 10.1 Å². The first-order valence-electron chi connectivity index (χ1n) is 6.98. The van der Waals surface area contributed by atoms with E-state index >= 15 is 0 Å². The molecule has 2 rings (SSSR count). The second-order valence-corrected chi connectivity index (χ2v) is 5.10. The minimum absolute atomic E-state index is 0.0820. The van der Waals surface area contributed by atoms with Crippen LogP contribution in [0.25, 0.3) is 0 Å². The van der Waals surface area contributed by atoms with Crippen molar-refractivity contribution in [2.75, 3.05) is 13.2 Å². The summed E-state index contributed by atoms with van der Waals surface area (Å²) in [5.74, 6) is 0.210. The van der Waals surface area contributed by atoms with Crippen LogP contribution in [-0.4, -0.2) is 19.2 Å². The predicted molar refractivity (Wildman–Crippen MR) is 71.9 cm³/mol. The van der Waals surface area contributed by atoms with Gasteiger partial charge in [0.15, 0.2) is 0 Å². The van der Waals surface area contributed by atoms with Gasteiger partial charge in [-0.1, -0.05) is 6.42 Å². The van der Waals surface area contributed by atoms with Crippen LogP contribution in [-0.2, 0) is 6.18 Å². The average molecular weight is 298 g/mol. The van der Waals surface area contributed by atoms with Crippen LogP contribution >= 0.6 is 0 Å². The van der Waals surface area contributed by atoms with Gasteiger partial charge in [0.1, 0.15) is 11.8 Å². The van der Waals surface area contributed by atoms with Crippen LogP contribution in [0.2, 0.25) is 0 Å². The molecule has 6 heteroatoms. The first-order chi connectivity index (χ1) is 10.0. The second-order valence-electron chi connectivity index (χ2n) is 5.10. The quantitative estimate of drug-likeness (QED) is 0.925. The van der Waals surface area contributed by atoms with E-state index in [1.165, 1.54) is 18.9 Å². The van der Waals surface area contributed by atoms with Crippen molar-refractivity contribution >= 4 is 0 Å². The van der Waals surface area contributed by atoms with Gasteiger partial charge in [-0.2, -0.15) is 18.4 Å². The third kappa shape index (κ3) is 4.36. The van der Waals surface area contributed by atoms with Gasteiger partial charge in [0, 0.05) is 6.04 Å². The molecule has 0 radical (unpaired) electrons. The molecule has 0 saturated carbocycles. The van der Waals surface area contributed by atoms with Crippen molar-refractivity contribution in [3.63, 3.8) is 0 Å². The number of benzene rings is 1. The Morgan fingerprint density at radius 3 is 2.76 bits per heavy atom. The number of nitrogens with one attached hydrogen (secondary N) is 1. The molecule has 0 bridgehead atoms. The van der Waals surface area contributed by atoms with Gasteiger partial charge in [-0.05, 0) is 44.0 Å². The molecular weight excluding hydrogens is 281 g/mol. The summed E-state index contributed by atoms with van der Waals surface area (Å²) in [5.41, 5.74) is -0.915. The molecule has 114 valence electrons. The molecule has 0 aliphatic carbocycles. The highest BCUT2D eigenvalue weighted by molar-refractivity contribution is 5.46. The Labute approximate surface area is 121 Å². The van der Waals surface area contributed by atoms with E-state index in [9.17, 15) is 13.2 Å². The Kier molecular flexibility index (Phi) is 5.07. The van der Waals surface area contributed by atoms with E-state index in [4.69, 9.17) is 10.00 Å². The maximum Gasteiger partial charge on any atom is 0.416 e. The Hall–Kier alpha value is -1.74. The third-order valence-corrected chi connectivity index (χ3v) is 3.56. The molecule has 3 nitrogen and oxygen atoms in total. The van der Waals surface area contributed by atoms with E-state index in [-0.39, 0.29) is 11.3 Å². The number of halogens is 3. The second kappa shape index (κ2) is 6.81. The topological polar surface area (TPSA) is 45.0 Å². The van der Waals surface area contributed by atoms with E-state index in [1.54, 1.807) is 6.07 Å². The van der Waals surface area contributed by atoms with Crippen molar-refractivity contribution in [3.8, 4) is 11.8 Å². The van der Waals surface area contributed by atoms with Gasteiger partial charge in [-0.15, -0.1) is 0 Å². The van der Waals surface area contributed by atoms with Crippen molar-refractivity contribution in [1.29, 1.82) is 5.26 Å². The highest BCUT2D eigenvalue weighted by atomic mass is 19.4. The summed E-state index contributed by atoms with van der Waals surface area (Å²) in [6.45, 7) is 1.38. The van der Waals surface area contributed by atoms with Crippen molar-refractivity contribution in [2.45, 2.75) is 37.9 Å². The molecule has 1 atom stereocenters. The molecule has 21 heavy (non-hydrogen) atoms. The zero-order valence-corrected chi connectivity index (χ0v) is 11.5. The van der Waals surface area contributed by atoms with Gasteiger partial charge >= 0.3 is 6.18 Å². The summed E-state index contributed by atoms with van der Waals surface area (Å²) >= 11 is 0. The summed E-state index contributed by atoms with van der Waals surface area (Å²) in [6.07, 6.45) is -0.222. The van der Waals surface area contributed by atoms with Crippen molar-refractivity contribution in [1.82, 2.24) is 5.32 Å². The van der Waals surface area contributed by atoms with Crippen LogP contribution in [0.1, 0.15) is 36.8 Å². The molecule has 1 aromatic rings. The fourth-order valence-corrected chi connectivity index (χ4v) is 2.40. The van der Waals surface area contributed by atoms with Gasteiger partial charge in [0.25, 0.3) is 0 Å². The Balaban J connectivity index is 1.95. The van der Waals surface area contributed by atoms with Crippen LogP contribution in [0.3, 0.4) is 0 Å². The zero-order chi connectivity index (χ0) is 15.3. The molecule has 1 N–H and O–H groups in total. The maximum absolute atomic E-state index is 12.6. The first kappa shape index (κ1) is 15.6. The Morgan fingerprint density at radius 1 is 1.33 bits per heavy atom. The smallest absolute Gasteiger partial charge is 0.416 e. The van der Waals surface area contributed by atoms with Crippen LogP contribution in [0, 0.1) is 11.3 Å². The molecule has 0 spiro atoms. The lowest BCUT2D eigenvalue weighted by Crippen LogP contribution is -2.35. The molecule has 0 amide bonds. The van der Waals surface area contributed by atoms with Crippen molar-refractivity contribution < 1.29 is 17.9 Å². The molecule has 0 aromatic heterocycles. The van der Waals surface area contributed by atoms with Crippen LogP contribution in [0.5, 0.6) is 5.75 Å². The normalized spacial score (nSPS) is 19.0. The van der Waals surface area contributed by atoms with E-state index in [1.807, 2.05) is 0 Å². The number of nitriles is 1. The number of alkyl halides is 3. The number of hydrogen-bond acceptors (Lipinski definition) is 3. The number of rotatable bonds is 4. The fraction of sp³-hybridized carbons (Fsp3) is 0.533. The van der Waals surface area contributed by atoms with Gasteiger partial charge in [-0.25, -0.2) is 0 Å². The Morgan fingerprint density at radius 2 is 2.14 bits per heavy atom. The molecule has 1 heterocycles. The molecule has 1 saturated heterocycles. The van der Waals surface area contributed by atoms with Crippen LogP contribution < -0.4 is 10.1 Å². The summed E-state index contributed by atoms with van der Waals surface area (Å²) in [7, 11) is 0. The largest absolute Gasteiger partial charge is 0.492 e. The number of ether oxygens (including phenoxy) is 1. The van der Waals surface area contributed by atoms with E-state index < -0.39 is 11.7 Å².